The first-order chi connectivity index (χ1) is 12.2. The molecule has 25 heavy (non-hydrogen) atoms. The van der Waals surface area contributed by atoms with Crippen LogP contribution in [-0.4, -0.2) is 15.8 Å². The van der Waals surface area contributed by atoms with Crippen LogP contribution in [0.5, 0.6) is 0 Å². The van der Waals surface area contributed by atoms with Gasteiger partial charge in [0.1, 0.15) is 0 Å². The Morgan fingerprint density at radius 3 is 2.40 bits per heavy atom. The Hall–Kier alpha value is -2.39. The van der Waals surface area contributed by atoms with Gasteiger partial charge in [-0.3, -0.25) is 4.68 Å². The molecule has 3 aromatic rings. The van der Waals surface area contributed by atoms with Crippen LogP contribution in [0.15, 0.2) is 60.7 Å². The maximum atomic E-state index is 4.76. The van der Waals surface area contributed by atoms with Crippen molar-refractivity contribution in [2.45, 2.75) is 45.3 Å². The fourth-order valence-corrected chi connectivity index (χ4v) is 3.62. The van der Waals surface area contributed by atoms with Crippen LogP contribution in [0.1, 0.15) is 40.4 Å². The molecule has 1 N–H and O–H groups in total. The average Bonchev–Trinajstić information content (AvgIpc) is 3.37. The van der Waals surface area contributed by atoms with E-state index in [2.05, 4.69) is 84.5 Å². The second-order valence-corrected chi connectivity index (χ2v) is 7.03. The molecule has 128 valence electrons. The lowest BCUT2D eigenvalue weighted by Gasteiger charge is -2.07. The van der Waals surface area contributed by atoms with Gasteiger partial charge in [-0.25, -0.2) is 0 Å². The lowest BCUT2D eigenvalue weighted by atomic mass is 10.1. The maximum Gasteiger partial charge on any atom is 0.0662 e. The highest BCUT2D eigenvalue weighted by atomic mass is 15.3. The summed E-state index contributed by atoms with van der Waals surface area (Å²) < 4.78 is 2.13. The highest BCUT2D eigenvalue weighted by molar-refractivity contribution is 5.29. The average molecular weight is 331 g/mol. The van der Waals surface area contributed by atoms with E-state index >= 15 is 0 Å². The highest BCUT2D eigenvalue weighted by Crippen LogP contribution is 2.40. The molecule has 0 spiro atoms. The van der Waals surface area contributed by atoms with E-state index in [1.807, 2.05) is 0 Å². The van der Waals surface area contributed by atoms with Crippen LogP contribution in [0, 0.1) is 13.8 Å². The fraction of sp³-hybridized carbons (Fsp3) is 0.318. The van der Waals surface area contributed by atoms with Crippen molar-refractivity contribution >= 4 is 0 Å². The van der Waals surface area contributed by atoms with Crippen molar-refractivity contribution in [2.24, 2.45) is 0 Å². The Balaban J connectivity index is 1.40. The molecular weight excluding hydrogens is 306 g/mol. The summed E-state index contributed by atoms with van der Waals surface area (Å²) >= 11 is 0. The lowest BCUT2D eigenvalue weighted by molar-refractivity contribution is 0.649. The van der Waals surface area contributed by atoms with E-state index in [9.17, 15) is 0 Å². The summed E-state index contributed by atoms with van der Waals surface area (Å²) in [5.41, 5.74) is 6.49. The Labute approximate surface area is 149 Å². The quantitative estimate of drug-likeness (QED) is 0.734. The molecule has 1 aliphatic carbocycles. The molecule has 0 radical (unpaired) electrons. The summed E-state index contributed by atoms with van der Waals surface area (Å²) in [6, 6.07) is 22.0. The molecule has 2 aromatic carbocycles. The minimum Gasteiger partial charge on any atom is -0.309 e. The molecule has 2 atom stereocenters. The summed E-state index contributed by atoms with van der Waals surface area (Å²) in [6.07, 6.45) is 1.24. The zero-order chi connectivity index (χ0) is 17.2. The number of hydrogen-bond donors (Lipinski definition) is 1. The van der Waals surface area contributed by atoms with Crippen molar-refractivity contribution in [3.8, 4) is 0 Å². The molecule has 0 bridgehead atoms. The number of aryl methyl sites for hydroxylation is 1. The summed E-state index contributed by atoms with van der Waals surface area (Å²) in [5, 5.41) is 8.48. The first-order valence-electron chi connectivity index (χ1n) is 9.07. The van der Waals surface area contributed by atoms with E-state index in [0.717, 1.165) is 18.8 Å². The van der Waals surface area contributed by atoms with Gasteiger partial charge in [-0.1, -0.05) is 60.7 Å². The van der Waals surface area contributed by atoms with Crippen molar-refractivity contribution in [3.63, 3.8) is 0 Å². The summed E-state index contributed by atoms with van der Waals surface area (Å²) in [7, 11) is 0. The first-order valence-corrected chi connectivity index (χ1v) is 9.07. The van der Waals surface area contributed by atoms with Crippen LogP contribution in [-0.2, 0) is 13.1 Å². The molecule has 3 heteroatoms. The van der Waals surface area contributed by atoms with E-state index in [1.165, 1.54) is 28.8 Å². The molecule has 1 saturated carbocycles. The molecule has 1 heterocycles. The van der Waals surface area contributed by atoms with Gasteiger partial charge < -0.3 is 5.32 Å². The van der Waals surface area contributed by atoms with E-state index in [1.54, 1.807) is 0 Å². The second-order valence-electron chi connectivity index (χ2n) is 7.03. The van der Waals surface area contributed by atoms with Crippen molar-refractivity contribution in [1.29, 1.82) is 0 Å². The minimum atomic E-state index is 0.596. The van der Waals surface area contributed by atoms with Gasteiger partial charge in [0.05, 0.1) is 12.2 Å². The summed E-state index contributed by atoms with van der Waals surface area (Å²) in [5.74, 6) is 0.668. The van der Waals surface area contributed by atoms with Crippen molar-refractivity contribution in [1.82, 2.24) is 15.1 Å². The number of aromatic nitrogens is 2. The lowest BCUT2D eigenvalue weighted by Crippen LogP contribution is -2.18. The van der Waals surface area contributed by atoms with Gasteiger partial charge >= 0.3 is 0 Å². The van der Waals surface area contributed by atoms with Crippen molar-refractivity contribution < 1.29 is 0 Å². The molecule has 1 fully saturated rings. The van der Waals surface area contributed by atoms with Gasteiger partial charge in [-0.05, 0) is 31.4 Å². The van der Waals surface area contributed by atoms with Crippen LogP contribution >= 0.6 is 0 Å². The number of nitrogens with zero attached hydrogens (tertiary/aromatic N) is 2. The molecule has 3 nitrogen and oxygen atoms in total. The van der Waals surface area contributed by atoms with Gasteiger partial charge in [-0.2, -0.15) is 5.10 Å². The monoisotopic (exact) mass is 331 g/mol. The fourth-order valence-electron chi connectivity index (χ4n) is 3.62. The number of benzene rings is 2. The SMILES string of the molecule is Cc1nn(Cc2ccccc2)c(C)c1CN[C@H]1C[C@@H]1c1ccccc1. The molecule has 0 saturated heterocycles. The number of rotatable bonds is 6. The predicted molar refractivity (Wildman–Crippen MR) is 102 cm³/mol. The predicted octanol–water partition coefficient (Wildman–Crippen LogP) is 4.19. The summed E-state index contributed by atoms with van der Waals surface area (Å²) in [6.45, 7) is 6.04. The van der Waals surface area contributed by atoms with Gasteiger partial charge in [0, 0.05) is 29.8 Å². The van der Waals surface area contributed by atoms with Crippen molar-refractivity contribution in [3.05, 3.63) is 88.7 Å². The van der Waals surface area contributed by atoms with E-state index in [-0.39, 0.29) is 0 Å². The molecule has 4 rings (SSSR count). The molecular formula is C22H25N3. The maximum absolute atomic E-state index is 4.76. The third-order valence-electron chi connectivity index (χ3n) is 5.27. The first kappa shape index (κ1) is 16.1. The Morgan fingerprint density at radius 1 is 1.00 bits per heavy atom. The third kappa shape index (κ3) is 3.52. The van der Waals surface area contributed by atoms with Crippen molar-refractivity contribution in [2.75, 3.05) is 0 Å². The smallest absolute Gasteiger partial charge is 0.0662 e. The molecule has 1 aromatic heterocycles. The van der Waals surface area contributed by atoms with Gasteiger partial charge in [0.25, 0.3) is 0 Å². The topological polar surface area (TPSA) is 29.9 Å². The van der Waals surface area contributed by atoms with Gasteiger partial charge in [0.15, 0.2) is 0 Å². The van der Waals surface area contributed by atoms with Crippen LogP contribution in [0.3, 0.4) is 0 Å². The molecule has 1 aliphatic rings. The number of nitrogens with one attached hydrogen (secondary N) is 1. The minimum absolute atomic E-state index is 0.596. The molecule has 0 amide bonds. The summed E-state index contributed by atoms with van der Waals surface area (Å²) in [4.78, 5) is 0. The molecule has 0 unspecified atom stereocenters. The standard InChI is InChI=1S/C22H25N3/c1-16-21(14-23-22-13-20(22)19-11-7-4-8-12-19)17(2)25(24-16)15-18-9-5-3-6-10-18/h3-12,20,22-23H,13-15H2,1-2H3/t20-,22+/m1/s1. The van der Waals surface area contributed by atoms with Crippen LogP contribution in [0.2, 0.25) is 0 Å². The van der Waals surface area contributed by atoms with E-state index in [0.29, 0.717) is 12.0 Å². The third-order valence-corrected chi connectivity index (χ3v) is 5.27. The van der Waals surface area contributed by atoms with Crippen LogP contribution in [0.4, 0.5) is 0 Å². The van der Waals surface area contributed by atoms with Gasteiger partial charge in [0.2, 0.25) is 0 Å². The Kier molecular flexibility index (Phi) is 4.41. The largest absolute Gasteiger partial charge is 0.309 e. The highest BCUT2D eigenvalue weighted by Gasteiger charge is 2.37. The molecule has 0 aliphatic heterocycles. The normalized spacial score (nSPS) is 19.1. The second kappa shape index (κ2) is 6.85. The zero-order valence-electron chi connectivity index (χ0n) is 14.9. The Bertz CT molecular complexity index is 836. The number of hydrogen-bond acceptors (Lipinski definition) is 2. The Morgan fingerprint density at radius 2 is 1.68 bits per heavy atom. The van der Waals surface area contributed by atoms with Gasteiger partial charge in [-0.15, -0.1) is 0 Å². The van der Waals surface area contributed by atoms with E-state index in [4.69, 9.17) is 5.10 Å². The van der Waals surface area contributed by atoms with Crippen LogP contribution in [0.25, 0.3) is 0 Å². The van der Waals surface area contributed by atoms with E-state index < -0.39 is 0 Å². The zero-order valence-corrected chi connectivity index (χ0v) is 14.9. The van der Waals surface area contributed by atoms with Crippen LogP contribution < -0.4 is 5.32 Å².